The Bertz CT molecular complexity index is 658. The molecule has 0 aliphatic heterocycles. The highest BCUT2D eigenvalue weighted by molar-refractivity contribution is 5.69. The number of aliphatic hydroxyl groups excluding tert-OH is 5. The molecule has 6 N–H and O–H groups in total. The summed E-state index contributed by atoms with van der Waals surface area (Å²) in [5.41, 5.74) is 0. The molecule has 0 aliphatic carbocycles. The lowest BCUT2D eigenvalue weighted by Gasteiger charge is -2.08. The van der Waals surface area contributed by atoms with Gasteiger partial charge < -0.3 is 35.4 Å². The average Bonchev–Trinajstić information content (AvgIpc) is 3.13. The molecule has 51 heavy (non-hydrogen) atoms. The summed E-state index contributed by atoms with van der Waals surface area (Å²) in [7, 11) is 0. The molecular weight excluding hydrogens is 648 g/mol. The fourth-order valence-electron chi connectivity index (χ4n) is 5.66. The summed E-state index contributed by atoms with van der Waals surface area (Å²) >= 11 is 0. The van der Waals surface area contributed by atoms with E-state index in [9.17, 15) is 9.59 Å². The summed E-state index contributed by atoms with van der Waals surface area (Å²) in [5, 5.41) is 50.2. The van der Waals surface area contributed by atoms with Crippen LogP contribution in [-0.2, 0) is 14.3 Å². The summed E-state index contributed by atoms with van der Waals surface area (Å²) < 4.78 is 4.86. The lowest BCUT2D eigenvalue weighted by atomic mass is 10.0. The topological polar surface area (TPSA) is 165 Å². The molecular formula is C42H86O9. The Hall–Kier alpha value is -1.26. The first kappa shape index (κ1) is 54.1. The fraction of sp³-hybridized carbons (Fsp3) is 0.952. The average molecular weight is 735 g/mol. The van der Waals surface area contributed by atoms with E-state index in [1.54, 1.807) is 0 Å². The largest absolute Gasteiger partial charge is 0.481 e. The summed E-state index contributed by atoms with van der Waals surface area (Å²) in [6.45, 7) is 3.33. The molecule has 0 aliphatic rings. The van der Waals surface area contributed by atoms with Crippen LogP contribution < -0.4 is 0 Å². The SMILES string of the molecule is CCCCCCCCCCCCCCCCCC(=O)O.CCCCCCCCCCCCCCCCCC(=O)OCC(O)CO.OCC(O)CO. The van der Waals surface area contributed by atoms with E-state index in [0.717, 1.165) is 25.7 Å². The molecule has 9 heteroatoms. The molecule has 0 aromatic carbocycles. The van der Waals surface area contributed by atoms with Crippen molar-refractivity contribution in [3.8, 4) is 0 Å². The Morgan fingerprint density at radius 2 is 0.667 bits per heavy atom. The van der Waals surface area contributed by atoms with E-state index in [4.69, 9.17) is 35.4 Å². The molecule has 1 unspecified atom stereocenters. The first-order valence-corrected chi connectivity index (χ1v) is 21.3. The van der Waals surface area contributed by atoms with Crippen LogP contribution in [0.1, 0.15) is 219 Å². The van der Waals surface area contributed by atoms with Gasteiger partial charge in [-0.15, -0.1) is 0 Å². The number of carbonyl (C=O) groups excluding carboxylic acids is 1. The normalized spacial score (nSPS) is 11.5. The van der Waals surface area contributed by atoms with Gasteiger partial charge in [0.05, 0.1) is 19.8 Å². The monoisotopic (exact) mass is 735 g/mol. The molecule has 0 saturated heterocycles. The van der Waals surface area contributed by atoms with E-state index in [2.05, 4.69) is 13.8 Å². The maximum atomic E-state index is 11.4. The van der Waals surface area contributed by atoms with Crippen molar-refractivity contribution < 1.29 is 45.0 Å². The van der Waals surface area contributed by atoms with Crippen molar-refractivity contribution in [3.05, 3.63) is 0 Å². The van der Waals surface area contributed by atoms with Crippen molar-refractivity contribution in [1.82, 2.24) is 0 Å². The number of aliphatic carboxylic acids is 1. The minimum atomic E-state index is -0.954. The van der Waals surface area contributed by atoms with Crippen molar-refractivity contribution in [1.29, 1.82) is 0 Å². The minimum Gasteiger partial charge on any atom is -0.481 e. The smallest absolute Gasteiger partial charge is 0.305 e. The lowest BCUT2D eigenvalue weighted by Crippen LogP contribution is -2.21. The third-order valence-electron chi connectivity index (χ3n) is 9.05. The van der Waals surface area contributed by atoms with Gasteiger partial charge in [-0.3, -0.25) is 9.59 Å². The van der Waals surface area contributed by atoms with Crippen LogP contribution >= 0.6 is 0 Å². The highest BCUT2D eigenvalue weighted by Gasteiger charge is 2.07. The second kappa shape index (κ2) is 48.7. The Morgan fingerprint density at radius 1 is 0.412 bits per heavy atom. The number of aliphatic hydroxyl groups is 5. The van der Waals surface area contributed by atoms with Crippen LogP contribution in [0.15, 0.2) is 0 Å². The molecule has 0 amide bonds. The zero-order valence-electron chi connectivity index (χ0n) is 33.5. The van der Waals surface area contributed by atoms with E-state index in [1.165, 1.54) is 167 Å². The van der Waals surface area contributed by atoms with Crippen LogP contribution in [0.25, 0.3) is 0 Å². The summed E-state index contributed by atoms with van der Waals surface area (Å²) in [5.74, 6) is -0.929. The van der Waals surface area contributed by atoms with Gasteiger partial charge in [-0.2, -0.15) is 0 Å². The number of rotatable bonds is 37. The Kier molecular flexibility index (Phi) is 51.7. The van der Waals surface area contributed by atoms with Gasteiger partial charge in [0.15, 0.2) is 0 Å². The summed E-state index contributed by atoms with van der Waals surface area (Å²) in [6, 6.07) is 0. The first-order valence-electron chi connectivity index (χ1n) is 21.3. The molecule has 0 heterocycles. The Balaban J connectivity index is -0.000000791. The van der Waals surface area contributed by atoms with Crippen LogP contribution in [0.4, 0.5) is 0 Å². The van der Waals surface area contributed by atoms with Crippen LogP contribution in [0.5, 0.6) is 0 Å². The number of hydrogen-bond donors (Lipinski definition) is 6. The molecule has 0 saturated carbocycles. The van der Waals surface area contributed by atoms with Gasteiger partial charge in [-0.1, -0.05) is 194 Å². The number of carboxylic acid groups (broad SMARTS) is 1. The van der Waals surface area contributed by atoms with Crippen LogP contribution in [0, 0.1) is 0 Å². The van der Waals surface area contributed by atoms with E-state index >= 15 is 0 Å². The van der Waals surface area contributed by atoms with Crippen molar-refractivity contribution in [2.75, 3.05) is 26.4 Å². The third-order valence-corrected chi connectivity index (χ3v) is 9.05. The molecule has 0 aromatic heterocycles. The molecule has 0 spiro atoms. The number of carboxylic acids is 1. The molecule has 0 radical (unpaired) electrons. The van der Waals surface area contributed by atoms with E-state index in [-0.39, 0.29) is 32.4 Å². The molecule has 1 atom stereocenters. The molecule has 0 aromatic rings. The summed E-state index contributed by atoms with van der Waals surface area (Å²) in [4.78, 5) is 21.7. The number of carbonyl (C=O) groups is 2. The number of ether oxygens (including phenoxy) is 1. The predicted octanol–water partition coefficient (Wildman–Crippen LogP) is 9.81. The van der Waals surface area contributed by atoms with Gasteiger partial charge in [-0.25, -0.2) is 0 Å². The second-order valence-electron chi connectivity index (χ2n) is 14.3. The fourth-order valence-corrected chi connectivity index (χ4v) is 5.66. The molecule has 308 valence electrons. The molecule has 0 rings (SSSR count). The van der Waals surface area contributed by atoms with Crippen molar-refractivity contribution in [3.63, 3.8) is 0 Å². The zero-order valence-corrected chi connectivity index (χ0v) is 33.5. The van der Waals surface area contributed by atoms with Crippen molar-refractivity contribution >= 4 is 11.9 Å². The van der Waals surface area contributed by atoms with Gasteiger partial charge in [0.1, 0.15) is 18.8 Å². The first-order chi connectivity index (χ1) is 24.8. The second-order valence-corrected chi connectivity index (χ2v) is 14.3. The Morgan fingerprint density at radius 3 is 0.902 bits per heavy atom. The van der Waals surface area contributed by atoms with E-state index < -0.39 is 18.2 Å². The van der Waals surface area contributed by atoms with Gasteiger partial charge in [0, 0.05) is 12.8 Å². The molecule has 0 fully saturated rings. The standard InChI is InChI=1S/C21H42O4.C18H36O2.C3H8O3/c1-2-3-4-5-6-7-8-9-10-11-12-13-14-15-16-17-21(24)25-19-20(23)18-22;1-2-3-4-5-6-7-8-9-10-11-12-13-14-15-16-17-18(19)20;4-1-3(6)2-5/h20,22-23H,2-19H2,1H3;2-17H2,1H3,(H,19,20);3-6H,1-2H2. The van der Waals surface area contributed by atoms with Gasteiger partial charge in [0.25, 0.3) is 0 Å². The minimum absolute atomic E-state index is 0.103. The maximum Gasteiger partial charge on any atom is 0.305 e. The molecule has 9 nitrogen and oxygen atoms in total. The lowest BCUT2D eigenvalue weighted by molar-refractivity contribution is -0.147. The van der Waals surface area contributed by atoms with Gasteiger partial charge in [-0.05, 0) is 12.8 Å². The zero-order chi connectivity index (χ0) is 38.5. The third kappa shape index (κ3) is 55.7. The highest BCUT2D eigenvalue weighted by atomic mass is 16.5. The summed E-state index contributed by atoms with van der Waals surface area (Å²) in [6.07, 6.45) is 38.3. The van der Waals surface area contributed by atoms with Crippen LogP contribution in [0.3, 0.4) is 0 Å². The van der Waals surface area contributed by atoms with E-state index in [0.29, 0.717) is 12.8 Å². The van der Waals surface area contributed by atoms with Crippen molar-refractivity contribution in [2.45, 2.75) is 232 Å². The van der Waals surface area contributed by atoms with Gasteiger partial charge in [0.2, 0.25) is 0 Å². The number of esters is 1. The maximum absolute atomic E-state index is 11.4. The van der Waals surface area contributed by atoms with Crippen molar-refractivity contribution in [2.24, 2.45) is 0 Å². The predicted molar refractivity (Wildman–Crippen MR) is 211 cm³/mol. The number of unbranched alkanes of at least 4 members (excludes halogenated alkanes) is 28. The highest BCUT2D eigenvalue weighted by Crippen LogP contribution is 2.15. The van der Waals surface area contributed by atoms with Crippen LogP contribution in [-0.4, -0.2) is 81.2 Å². The quantitative estimate of drug-likeness (QED) is 0.0269. The van der Waals surface area contributed by atoms with E-state index in [1.807, 2.05) is 0 Å². The number of hydrogen-bond acceptors (Lipinski definition) is 8. The van der Waals surface area contributed by atoms with Gasteiger partial charge >= 0.3 is 11.9 Å². The molecule has 0 bridgehead atoms. The Labute approximate surface area is 314 Å². The van der Waals surface area contributed by atoms with Crippen LogP contribution in [0.2, 0.25) is 0 Å².